The third-order valence-electron chi connectivity index (χ3n) is 4.60. The molecule has 0 spiro atoms. The Bertz CT molecular complexity index is 1040. The second kappa shape index (κ2) is 8.93. The molecular weight excluding hydrogens is 368 g/mol. The standard InChI is InChI=1S/C22H22N4O3/c1-3-26(4-2)16-11-9-15(10-12-16)22(28)29-14-20(27)17(13-23)21-24-18-7-5-6-8-19(18)25-21/h5-12,27H,3-4,14H2,1-2H3,(H,24,25). The second-order valence-electron chi connectivity index (χ2n) is 6.33. The number of esters is 1. The number of nitriles is 1. The summed E-state index contributed by atoms with van der Waals surface area (Å²) in [6, 6.07) is 16.3. The van der Waals surface area contributed by atoms with Crippen molar-refractivity contribution >= 4 is 28.3 Å². The first kappa shape index (κ1) is 20.0. The quantitative estimate of drug-likeness (QED) is 0.358. The minimum atomic E-state index is -0.579. The third kappa shape index (κ3) is 4.38. The molecule has 29 heavy (non-hydrogen) atoms. The van der Waals surface area contributed by atoms with Crippen LogP contribution >= 0.6 is 0 Å². The summed E-state index contributed by atoms with van der Waals surface area (Å²) in [5.74, 6) is -0.713. The fraction of sp³-hybridized carbons (Fsp3) is 0.227. The zero-order chi connectivity index (χ0) is 20.8. The summed E-state index contributed by atoms with van der Waals surface area (Å²) < 4.78 is 5.17. The summed E-state index contributed by atoms with van der Waals surface area (Å²) in [6.45, 7) is 5.46. The van der Waals surface area contributed by atoms with Crippen LogP contribution < -0.4 is 4.90 Å². The van der Waals surface area contributed by atoms with Crippen LogP contribution in [0.15, 0.2) is 54.3 Å². The van der Waals surface area contributed by atoms with Gasteiger partial charge in [0.25, 0.3) is 0 Å². The number of hydrogen-bond donors (Lipinski definition) is 2. The van der Waals surface area contributed by atoms with Crippen molar-refractivity contribution in [3.8, 4) is 6.07 Å². The molecular formula is C22H22N4O3. The molecule has 0 aliphatic rings. The maximum Gasteiger partial charge on any atom is 0.338 e. The van der Waals surface area contributed by atoms with Crippen LogP contribution in [0.25, 0.3) is 16.6 Å². The lowest BCUT2D eigenvalue weighted by Gasteiger charge is -2.20. The highest BCUT2D eigenvalue weighted by molar-refractivity contribution is 5.90. The van der Waals surface area contributed by atoms with E-state index in [0.717, 1.165) is 24.3 Å². The summed E-state index contributed by atoms with van der Waals surface area (Å²) in [5.41, 5.74) is 2.74. The van der Waals surface area contributed by atoms with E-state index in [2.05, 4.69) is 28.7 Å². The Morgan fingerprint density at radius 3 is 2.48 bits per heavy atom. The van der Waals surface area contributed by atoms with Gasteiger partial charge in [0, 0.05) is 18.8 Å². The first-order valence-corrected chi connectivity index (χ1v) is 9.36. The van der Waals surface area contributed by atoms with Gasteiger partial charge in [0.2, 0.25) is 0 Å². The van der Waals surface area contributed by atoms with Gasteiger partial charge < -0.3 is 19.7 Å². The second-order valence-corrected chi connectivity index (χ2v) is 6.33. The van der Waals surface area contributed by atoms with E-state index in [1.54, 1.807) is 18.2 Å². The number of benzene rings is 2. The number of anilines is 1. The molecule has 0 aliphatic heterocycles. The number of aromatic nitrogens is 2. The molecule has 0 fully saturated rings. The van der Waals surface area contributed by atoms with Crippen LogP contribution in [0.3, 0.4) is 0 Å². The maximum absolute atomic E-state index is 12.3. The molecule has 7 nitrogen and oxygen atoms in total. The fourth-order valence-electron chi connectivity index (χ4n) is 3.01. The fourth-order valence-corrected chi connectivity index (χ4v) is 3.01. The number of imidazole rings is 1. The topological polar surface area (TPSA) is 102 Å². The molecule has 1 heterocycles. The summed E-state index contributed by atoms with van der Waals surface area (Å²) in [4.78, 5) is 21.7. The van der Waals surface area contributed by atoms with Crippen molar-refractivity contribution in [3.05, 3.63) is 65.7 Å². The minimum Gasteiger partial charge on any atom is -0.507 e. The van der Waals surface area contributed by atoms with Crippen LogP contribution in [0.4, 0.5) is 5.69 Å². The number of aromatic amines is 1. The number of H-pyrrole nitrogens is 1. The highest BCUT2D eigenvalue weighted by Crippen LogP contribution is 2.19. The molecule has 3 rings (SSSR count). The van der Waals surface area contributed by atoms with E-state index < -0.39 is 12.6 Å². The lowest BCUT2D eigenvalue weighted by atomic mass is 10.2. The van der Waals surface area contributed by atoms with Gasteiger partial charge in [-0.25, -0.2) is 9.78 Å². The molecule has 0 radical (unpaired) electrons. The van der Waals surface area contributed by atoms with Crippen LogP contribution in [0, 0.1) is 11.3 Å². The molecule has 3 aromatic rings. The number of fused-ring (bicyclic) bond motifs is 1. The lowest BCUT2D eigenvalue weighted by molar-refractivity contribution is 0.0503. The number of carbonyl (C=O) groups is 1. The van der Waals surface area contributed by atoms with Gasteiger partial charge in [0.05, 0.1) is 16.6 Å². The van der Waals surface area contributed by atoms with Crippen LogP contribution in [-0.2, 0) is 4.74 Å². The molecule has 0 amide bonds. The Hall–Kier alpha value is -3.79. The van der Waals surface area contributed by atoms with Gasteiger partial charge in [0.1, 0.15) is 18.2 Å². The zero-order valence-electron chi connectivity index (χ0n) is 16.3. The largest absolute Gasteiger partial charge is 0.507 e. The molecule has 0 atom stereocenters. The van der Waals surface area contributed by atoms with E-state index in [4.69, 9.17) is 4.74 Å². The molecule has 7 heteroatoms. The van der Waals surface area contributed by atoms with E-state index in [1.807, 2.05) is 36.4 Å². The van der Waals surface area contributed by atoms with Crippen molar-refractivity contribution < 1.29 is 14.6 Å². The summed E-state index contributed by atoms with van der Waals surface area (Å²) in [7, 11) is 0. The summed E-state index contributed by atoms with van der Waals surface area (Å²) in [5, 5.41) is 19.7. The van der Waals surface area contributed by atoms with Crippen LogP contribution in [0.5, 0.6) is 0 Å². The number of rotatable bonds is 7. The van der Waals surface area contributed by atoms with Crippen LogP contribution in [-0.4, -0.2) is 40.7 Å². The first-order valence-electron chi connectivity index (χ1n) is 9.36. The summed E-state index contributed by atoms with van der Waals surface area (Å²) in [6.07, 6.45) is 0. The number of nitrogens with one attached hydrogen (secondary N) is 1. The van der Waals surface area contributed by atoms with Gasteiger partial charge >= 0.3 is 5.97 Å². The van der Waals surface area contributed by atoms with Gasteiger partial charge in [-0.05, 0) is 50.2 Å². The highest BCUT2D eigenvalue weighted by Gasteiger charge is 2.16. The smallest absolute Gasteiger partial charge is 0.338 e. The van der Waals surface area contributed by atoms with Crippen LogP contribution in [0.1, 0.15) is 30.0 Å². The Morgan fingerprint density at radius 2 is 1.86 bits per heavy atom. The summed E-state index contributed by atoms with van der Waals surface area (Å²) >= 11 is 0. The highest BCUT2D eigenvalue weighted by atomic mass is 16.5. The van der Waals surface area contributed by atoms with Crippen LogP contribution in [0.2, 0.25) is 0 Å². The van der Waals surface area contributed by atoms with Crippen molar-refractivity contribution in [3.63, 3.8) is 0 Å². The SMILES string of the molecule is CCN(CC)c1ccc(C(=O)OCC(O)=C(C#N)c2nc3ccccc3[nH]2)cc1. The van der Waals surface area contributed by atoms with Crippen molar-refractivity contribution in [1.29, 1.82) is 5.26 Å². The average Bonchev–Trinajstić information content (AvgIpc) is 3.17. The number of ether oxygens (including phenoxy) is 1. The predicted molar refractivity (Wildman–Crippen MR) is 112 cm³/mol. The van der Waals surface area contributed by atoms with Crippen molar-refractivity contribution in [2.45, 2.75) is 13.8 Å². The molecule has 0 bridgehead atoms. The normalized spacial score (nSPS) is 11.6. The zero-order valence-corrected chi connectivity index (χ0v) is 16.3. The molecule has 2 N–H and O–H groups in total. The van der Waals surface area contributed by atoms with Gasteiger partial charge in [-0.2, -0.15) is 5.26 Å². The van der Waals surface area contributed by atoms with Gasteiger partial charge in [-0.1, -0.05) is 12.1 Å². The molecule has 1 aromatic heterocycles. The van der Waals surface area contributed by atoms with Crippen molar-refractivity contribution in [2.75, 3.05) is 24.6 Å². The van der Waals surface area contributed by atoms with Crippen molar-refractivity contribution in [2.24, 2.45) is 0 Å². The molecule has 148 valence electrons. The number of carbonyl (C=O) groups excluding carboxylic acids is 1. The average molecular weight is 390 g/mol. The number of allylic oxidation sites excluding steroid dienone is 1. The maximum atomic E-state index is 12.3. The molecule has 0 unspecified atom stereocenters. The number of nitrogens with zero attached hydrogens (tertiary/aromatic N) is 3. The third-order valence-corrected chi connectivity index (χ3v) is 4.60. The molecule has 0 saturated heterocycles. The number of aliphatic hydroxyl groups excluding tert-OH is 1. The van der Waals surface area contributed by atoms with Gasteiger partial charge in [-0.3, -0.25) is 0 Å². The first-order chi connectivity index (χ1) is 14.1. The number of aliphatic hydroxyl groups is 1. The number of para-hydroxylation sites is 2. The monoisotopic (exact) mass is 390 g/mol. The van der Waals surface area contributed by atoms with E-state index in [-0.39, 0.29) is 17.2 Å². The van der Waals surface area contributed by atoms with E-state index in [0.29, 0.717) is 11.1 Å². The molecule has 0 aliphatic carbocycles. The minimum absolute atomic E-state index is 0.0640. The van der Waals surface area contributed by atoms with Gasteiger partial charge in [-0.15, -0.1) is 0 Å². The predicted octanol–water partition coefficient (Wildman–Crippen LogP) is 4.06. The molecule has 0 saturated carbocycles. The van der Waals surface area contributed by atoms with Gasteiger partial charge in [0.15, 0.2) is 11.6 Å². The number of hydrogen-bond acceptors (Lipinski definition) is 6. The van der Waals surface area contributed by atoms with Crippen molar-refractivity contribution in [1.82, 2.24) is 9.97 Å². The van der Waals surface area contributed by atoms with E-state index in [1.165, 1.54) is 0 Å². The Kier molecular flexibility index (Phi) is 6.15. The van der Waals surface area contributed by atoms with E-state index >= 15 is 0 Å². The molecule has 2 aromatic carbocycles. The Morgan fingerprint density at radius 1 is 1.17 bits per heavy atom. The lowest BCUT2D eigenvalue weighted by Crippen LogP contribution is -2.21. The van der Waals surface area contributed by atoms with E-state index in [9.17, 15) is 15.2 Å². The Labute approximate surface area is 168 Å². The Balaban J connectivity index is 1.71.